The Morgan fingerprint density at radius 3 is 2.94 bits per heavy atom. The van der Waals surface area contributed by atoms with E-state index in [9.17, 15) is 4.79 Å². The number of benzene rings is 2. The van der Waals surface area contributed by atoms with Gasteiger partial charge in [-0.25, -0.2) is 4.98 Å². The van der Waals surface area contributed by atoms with Gasteiger partial charge in [0.2, 0.25) is 5.91 Å². The van der Waals surface area contributed by atoms with Gasteiger partial charge in [-0.3, -0.25) is 4.79 Å². The molecule has 0 aliphatic carbocycles. The summed E-state index contributed by atoms with van der Waals surface area (Å²) in [4.78, 5) is 17.1. The Labute approximate surface area is 208 Å². The zero-order chi connectivity index (χ0) is 24.0. The van der Waals surface area contributed by atoms with Crippen LogP contribution in [0.2, 0.25) is 0 Å². The van der Waals surface area contributed by atoms with Gasteiger partial charge in [-0.05, 0) is 44.0 Å². The molecule has 5 rings (SSSR count). The summed E-state index contributed by atoms with van der Waals surface area (Å²) in [6.45, 7) is 3.29. The fourth-order valence-electron chi connectivity index (χ4n) is 4.16. The molecule has 1 N–H and O–H groups in total. The Hall–Kier alpha value is -3.78. The van der Waals surface area contributed by atoms with E-state index in [1.807, 2.05) is 60.8 Å². The first-order chi connectivity index (χ1) is 17.2. The largest absolute Gasteiger partial charge is 0.487 e. The number of nitrogens with zero attached hydrogens (tertiary/aromatic N) is 4. The second-order valence-corrected chi connectivity index (χ2v) is 9.55. The number of fused-ring (bicyclic) bond motifs is 1. The number of para-hydroxylation sites is 1. The van der Waals surface area contributed by atoms with Crippen molar-refractivity contribution in [2.75, 3.05) is 5.32 Å². The minimum absolute atomic E-state index is 0.216. The molecule has 0 saturated heterocycles. The number of carbonyl (C=O) groups excluding carboxylic acids is 1. The third kappa shape index (κ3) is 5.66. The van der Waals surface area contributed by atoms with Crippen molar-refractivity contribution < 1.29 is 9.53 Å². The van der Waals surface area contributed by atoms with Crippen LogP contribution in [0, 0.1) is 6.92 Å². The van der Waals surface area contributed by atoms with Crippen molar-refractivity contribution in [1.82, 2.24) is 19.7 Å². The van der Waals surface area contributed by atoms with E-state index in [1.165, 1.54) is 12.5 Å². The van der Waals surface area contributed by atoms with Gasteiger partial charge in [0.15, 0.2) is 5.82 Å². The topological polar surface area (TPSA) is 81.9 Å². The van der Waals surface area contributed by atoms with Crippen LogP contribution in [0.25, 0.3) is 17.5 Å². The number of hydrogen-bond donors (Lipinski definition) is 1. The monoisotopic (exact) mass is 485 g/mol. The molecular formula is C27H27N5O2S. The predicted octanol–water partition coefficient (Wildman–Crippen LogP) is 5.67. The van der Waals surface area contributed by atoms with E-state index in [0.717, 1.165) is 59.3 Å². The van der Waals surface area contributed by atoms with Crippen molar-refractivity contribution in [3.63, 3.8) is 0 Å². The van der Waals surface area contributed by atoms with Crippen LogP contribution in [0.15, 0.2) is 60.0 Å². The quantitative estimate of drug-likeness (QED) is 0.341. The Morgan fingerprint density at radius 2 is 2.06 bits per heavy atom. The smallest absolute Gasteiger partial charge is 0.248 e. The number of anilines is 1. The molecule has 0 bridgehead atoms. The van der Waals surface area contributed by atoms with Crippen molar-refractivity contribution in [3.05, 3.63) is 82.1 Å². The Morgan fingerprint density at radius 1 is 1.14 bits per heavy atom. The van der Waals surface area contributed by atoms with Crippen LogP contribution in [0.5, 0.6) is 5.75 Å². The summed E-state index contributed by atoms with van der Waals surface area (Å²) < 4.78 is 8.15. The summed E-state index contributed by atoms with van der Waals surface area (Å²) in [5.41, 5.74) is 3.39. The molecule has 1 aliphatic rings. The Balaban J connectivity index is 1.26. The number of amides is 1. The van der Waals surface area contributed by atoms with Gasteiger partial charge in [-0.2, -0.15) is 0 Å². The Bertz CT molecular complexity index is 1360. The SMILES string of the molecule is Cc1nc(COc2ccccc2C=CC(=O)Nc2cccc(-c3nnc4n3CCCCC4)c2)cs1. The van der Waals surface area contributed by atoms with E-state index >= 15 is 0 Å². The van der Waals surface area contributed by atoms with Crippen LogP contribution >= 0.6 is 11.3 Å². The second kappa shape index (κ2) is 10.7. The zero-order valence-electron chi connectivity index (χ0n) is 19.6. The van der Waals surface area contributed by atoms with Crippen molar-refractivity contribution in [2.45, 2.75) is 45.8 Å². The number of nitrogens with one attached hydrogen (secondary N) is 1. The normalized spacial score (nSPS) is 13.4. The van der Waals surface area contributed by atoms with E-state index in [4.69, 9.17) is 4.74 Å². The molecule has 4 aromatic rings. The highest BCUT2D eigenvalue weighted by molar-refractivity contribution is 7.09. The van der Waals surface area contributed by atoms with Crippen LogP contribution < -0.4 is 10.1 Å². The highest BCUT2D eigenvalue weighted by Crippen LogP contribution is 2.25. The summed E-state index contributed by atoms with van der Waals surface area (Å²) in [7, 11) is 0. The van der Waals surface area contributed by atoms with Crippen LogP contribution in [0.4, 0.5) is 5.69 Å². The maximum Gasteiger partial charge on any atom is 0.248 e. The molecule has 35 heavy (non-hydrogen) atoms. The lowest BCUT2D eigenvalue weighted by Crippen LogP contribution is -2.08. The maximum atomic E-state index is 12.7. The fourth-order valence-corrected chi connectivity index (χ4v) is 4.76. The lowest BCUT2D eigenvalue weighted by atomic mass is 10.1. The molecule has 0 fully saturated rings. The highest BCUT2D eigenvalue weighted by atomic mass is 32.1. The fraction of sp³-hybridized carbons (Fsp3) is 0.259. The number of aryl methyl sites for hydroxylation is 2. The molecule has 2 aromatic carbocycles. The molecule has 178 valence electrons. The van der Waals surface area contributed by atoms with Gasteiger partial charge < -0.3 is 14.6 Å². The molecule has 0 spiro atoms. The van der Waals surface area contributed by atoms with E-state index in [-0.39, 0.29) is 5.91 Å². The van der Waals surface area contributed by atoms with Crippen molar-refractivity contribution in [3.8, 4) is 17.1 Å². The molecule has 0 radical (unpaired) electrons. The van der Waals surface area contributed by atoms with Crippen molar-refractivity contribution in [2.24, 2.45) is 0 Å². The number of aromatic nitrogens is 4. The molecule has 0 unspecified atom stereocenters. The maximum absolute atomic E-state index is 12.7. The van der Waals surface area contributed by atoms with Gasteiger partial charge in [0.05, 0.1) is 10.7 Å². The number of rotatable bonds is 7. The second-order valence-electron chi connectivity index (χ2n) is 8.49. The summed E-state index contributed by atoms with van der Waals surface area (Å²) in [5.74, 6) is 2.39. The van der Waals surface area contributed by atoms with Gasteiger partial charge in [0.1, 0.15) is 18.2 Å². The Kier molecular flexibility index (Phi) is 6.99. The van der Waals surface area contributed by atoms with Crippen LogP contribution in [0.3, 0.4) is 0 Å². The van der Waals surface area contributed by atoms with Crippen molar-refractivity contribution >= 4 is 29.0 Å². The number of carbonyl (C=O) groups is 1. The third-order valence-corrected chi connectivity index (χ3v) is 6.70. The minimum Gasteiger partial charge on any atom is -0.487 e. The molecule has 0 atom stereocenters. The molecule has 1 amide bonds. The highest BCUT2D eigenvalue weighted by Gasteiger charge is 2.16. The van der Waals surface area contributed by atoms with Gasteiger partial charge in [0.25, 0.3) is 0 Å². The predicted molar refractivity (Wildman–Crippen MR) is 138 cm³/mol. The number of thiazole rings is 1. The standard InChI is InChI=1S/C27H27N5O2S/c1-19-28-23(18-35-19)17-34-24-11-5-4-8-20(24)13-14-26(33)29-22-10-7-9-21(16-22)27-31-30-25-12-3-2-6-15-32(25)27/h4-5,7-11,13-14,16,18H,2-3,6,12,15,17H2,1H3,(H,29,33). The van der Waals surface area contributed by atoms with Crippen LogP contribution in [-0.4, -0.2) is 25.7 Å². The van der Waals surface area contributed by atoms with E-state index in [0.29, 0.717) is 18.0 Å². The van der Waals surface area contributed by atoms with Crippen LogP contribution in [0.1, 0.15) is 41.4 Å². The minimum atomic E-state index is -0.216. The summed E-state index contributed by atoms with van der Waals surface area (Å²) in [5, 5.41) is 14.8. The molecule has 2 aromatic heterocycles. The first-order valence-electron chi connectivity index (χ1n) is 11.8. The summed E-state index contributed by atoms with van der Waals surface area (Å²) in [6.07, 6.45) is 7.74. The molecule has 8 heteroatoms. The van der Waals surface area contributed by atoms with Crippen LogP contribution in [-0.2, 0) is 24.4 Å². The van der Waals surface area contributed by atoms with E-state index in [2.05, 4.69) is 25.1 Å². The van der Waals surface area contributed by atoms with Gasteiger partial charge in [-0.1, -0.05) is 36.8 Å². The van der Waals surface area contributed by atoms with Gasteiger partial charge in [0, 0.05) is 41.2 Å². The van der Waals surface area contributed by atoms with Gasteiger partial charge >= 0.3 is 0 Å². The average Bonchev–Trinajstić information content (AvgIpc) is 3.40. The lowest BCUT2D eigenvalue weighted by Gasteiger charge is -2.09. The molecule has 3 heterocycles. The lowest BCUT2D eigenvalue weighted by molar-refractivity contribution is -0.111. The summed E-state index contributed by atoms with van der Waals surface area (Å²) in [6, 6.07) is 15.4. The molecular weight excluding hydrogens is 458 g/mol. The summed E-state index contributed by atoms with van der Waals surface area (Å²) >= 11 is 1.60. The molecule has 0 saturated carbocycles. The third-order valence-electron chi connectivity index (χ3n) is 5.87. The molecule has 7 nitrogen and oxygen atoms in total. The first kappa shape index (κ1) is 23.0. The first-order valence-corrected chi connectivity index (χ1v) is 12.7. The van der Waals surface area contributed by atoms with E-state index < -0.39 is 0 Å². The van der Waals surface area contributed by atoms with E-state index in [1.54, 1.807) is 17.4 Å². The number of hydrogen-bond acceptors (Lipinski definition) is 6. The average molecular weight is 486 g/mol. The molecule has 1 aliphatic heterocycles. The zero-order valence-corrected chi connectivity index (χ0v) is 20.4. The van der Waals surface area contributed by atoms with Crippen molar-refractivity contribution in [1.29, 1.82) is 0 Å². The number of ether oxygens (including phenoxy) is 1. The van der Waals surface area contributed by atoms with Gasteiger partial charge in [-0.15, -0.1) is 21.5 Å².